The number of benzene rings is 2. The van der Waals surface area contributed by atoms with Crippen LogP contribution in [0.15, 0.2) is 53.5 Å². The van der Waals surface area contributed by atoms with Crippen LogP contribution in [0.1, 0.15) is 140 Å². The summed E-state index contributed by atoms with van der Waals surface area (Å²) in [7, 11) is 2.65. The highest BCUT2D eigenvalue weighted by Gasteiger charge is 2.46. The van der Waals surface area contributed by atoms with Gasteiger partial charge in [0.2, 0.25) is 11.8 Å². The van der Waals surface area contributed by atoms with Crippen molar-refractivity contribution in [3.63, 3.8) is 0 Å². The van der Waals surface area contributed by atoms with Gasteiger partial charge in [-0.1, -0.05) is 104 Å². The fourth-order valence-electron chi connectivity index (χ4n) is 12.4. The van der Waals surface area contributed by atoms with Crippen molar-refractivity contribution in [2.45, 2.75) is 149 Å². The number of carbonyl (C=O) groups excluding carboxylic acids is 4. The molecule has 2 saturated heterocycles. The number of nitrogens with zero attached hydrogens (tertiary/aromatic N) is 3. The number of ether oxygens (including phenoxy) is 2. The molecule has 4 amide bonds. The van der Waals surface area contributed by atoms with Gasteiger partial charge in [0, 0.05) is 41.7 Å². The van der Waals surface area contributed by atoms with E-state index in [-0.39, 0.29) is 47.1 Å². The lowest BCUT2D eigenvalue weighted by Crippen LogP contribution is -2.54. The van der Waals surface area contributed by atoms with Gasteiger partial charge >= 0.3 is 12.2 Å². The molecule has 1 saturated carbocycles. The van der Waals surface area contributed by atoms with Crippen molar-refractivity contribution in [2.75, 3.05) is 27.3 Å². The number of amides is 4. The normalized spacial score (nSPS) is 24.1. The number of aromatic amines is 1. The summed E-state index contributed by atoms with van der Waals surface area (Å²) in [6.07, 6.45) is 11.6. The summed E-state index contributed by atoms with van der Waals surface area (Å²) < 4.78 is 9.78. The summed E-state index contributed by atoms with van der Waals surface area (Å²) in [5.41, 5.74) is 13.3. The first-order chi connectivity index (χ1) is 32.1. The quantitative estimate of drug-likeness (QED) is 0.165. The number of methoxy groups -OCH3 is 2. The van der Waals surface area contributed by atoms with Gasteiger partial charge in [-0.25, -0.2) is 9.59 Å². The van der Waals surface area contributed by atoms with Gasteiger partial charge in [-0.3, -0.25) is 14.6 Å². The fraction of sp³-hybridized carbons (Fsp3) is 0.582. The monoisotopic (exact) mass is 915 g/mol. The molecule has 0 radical (unpaired) electrons. The van der Waals surface area contributed by atoms with Crippen molar-refractivity contribution in [2.24, 2.45) is 34.6 Å². The zero-order chi connectivity index (χ0) is 47.9. The van der Waals surface area contributed by atoms with E-state index in [1.165, 1.54) is 67.7 Å². The molecule has 3 aromatic rings. The van der Waals surface area contributed by atoms with Crippen LogP contribution < -0.4 is 10.6 Å². The summed E-state index contributed by atoms with van der Waals surface area (Å²) in [5, 5.41) is 5.61. The number of H-pyrrole nitrogens is 1. The summed E-state index contributed by atoms with van der Waals surface area (Å²) >= 11 is 0. The highest BCUT2D eigenvalue weighted by molar-refractivity contribution is 6.01. The molecule has 7 atom stereocenters. The van der Waals surface area contributed by atoms with Crippen LogP contribution in [0.25, 0.3) is 28.1 Å². The summed E-state index contributed by atoms with van der Waals surface area (Å²) in [4.78, 5) is 66.1. The second-order valence-electron chi connectivity index (χ2n) is 21.2. The minimum atomic E-state index is -0.679. The predicted molar refractivity (Wildman–Crippen MR) is 265 cm³/mol. The van der Waals surface area contributed by atoms with Crippen molar-refractivity contribution in [3.8, 4) is 22.4 Å². The molecule has 2 aromatic carbocycles. The molecular formula is C55H74N6O6. The third-order valence-corrected chi connectivity index (χ3v) is 15.9. The van der Waals surface area contributed by atoms with Crippen molar-refractivity contribution in [1.29, 1.82) is 0 Å². The Morgan fingerprint density at radius 2 is 1.34 bits per heavy atom. The minimum Gasteiger partial charge on any atom is -0.453 e. The Kier molecular flexibility index (Phi) is 14.1. The van der Waals surface area contributed by atoms with Crippen LogP contribution in [0.2, 0.25) is 0 Å². The Labute approximate surface area is 398 Å². The fourth-order valence-corrected chi connectivity index (χ4v) is 12.4. The summed E-state index contributed by atoms with van der Waals surface area (Å²) in [6, 6.07) is 14.3. The molecule has 360 valence electrons. The Morgan fingerprint density at radius 1 is 0.791 bits per heavy atom. The zero-order valence-corrected chi connectivity index (χ0v) is 41.6. The SMILES string of the molecule is CCC1CC=C(c2ccc(-c3ccc(-c4cc(C)c(C5CC(C)CN5C(=O)C(NC(=O)OC)C(C)C)[nH]4)c4c3C3(CCCC3)CC4)cc2)N=C1C1CC(C)CN1C(=O)C(NC(=O)OC)C(C)C. The van der Waals surface area contributed by atoms with Crippen molar-refractivity contribution < 1.29 is 28.7 Å². The van der Waals surface area contributed by atoms with Gasteiger partial charge in [-0.15, -0.1) is 0 Å². The number of likely N-dealkylation sites (tertiary alicyclic amines) is 2. The van der Waals surface area contributed by atoms with E-state index in [9.17, 15) is 19.2 Å². The molecule has 7 unspecified atom stereocenters. The van der Waals surface area contributed by atoms with Crippen LogP contribution in [0.3, 0.4) is 0 Å². The van der Waals surface area contributed by atoms with Crippen LogP contribution in [0, 0.1) is 36.5 Å². The predicted octanol–water partition coefficient (Wildman–Crippen LogP) is 10.5. The lowest BCUT2D eigenvalue weighted by atomic mass is 9.76. The second kappa shape index (κ2) is 19.7. The van der Waals surface area contributed by atoms with E-state index in [0.717, 1.165) is 72.4 Å². The molecular weight excluding hydrogens is 841 g/mol. The third kappa shape index (κ3) is 9.30. The number of nitrogens with one attached hydrogen (secondary N) is 3. The van der Waals surface area contributed by atoms with Crippen molar-refractivity contribution in [3.05, 3.63) is 76.5 Å². The van der Waals surface area contributed by atoms with Crippen molar-refractivity contribution in [1.82, 2.24) is 25.4 Å². The molecule has 12 heteroatoms. The number of carbonyl (C=O) groups is 4. The molecule has 2 aliphatic carbocycles. The molecule has 5 aliphatic rings. The highest BCUT2D eigenvalue weighted by atomic mass is 16.5. The van der Waals surface area contributed by atoms with Crippen LogP contribution in [0.4, 0.5) is 9.59 Å². The minimum absolute atomic E-state index is 0.0740. The maximum absolute atomic E-state index is 14.2. The number of hydrogen-bond acceptors (Lipinski definition) is 7. The first-order valence-electron chi connectivity index (χ1n) is 25.1. The highest BCUT2D eigenvalue weighted by Crippen LogP contribution is 2.55. The first-order valence-corrected chi connectivity index (χ1v) is 25.1. The number of hydrogen-bond donors (Lipinski definition) is 3. The van der Waals surface area contributed by atoms with Crippen LogP contribution in [0.5, 0.6) is 0 Å². The van der Waals surface area contributed by atoms with Crippen LogP contribution >= 0.6 is 0 Å². The van der Waals surface area contributed by atoms with Crippen molar-refractivity contribution >= 4 is 35.4 Å². The molecule has 8 rings (SSSR count). The molecule has 1 aromatic heterocycles. The first kappa shape index (κ1) is 48.1. The lowest BCUT2D eigenvalue weighted by Gasteiger charge is -2.34. The Balaban J connectivity index is 1.09. The van der Waals surface area contributed by atoms with Gasteiger partial charge < -0.3 is 34.9 Å². The number of aliphatic imine (C=N–C) groups is 1. The van der Waals surface area contributed by atoms with Crippen LogP contribution in [-0.2, 0) is 30.9 Å². The number of aryl methyl sites for hydroxylation is 1. The molecule has 1 spiro atoms. The number of rotatable bonds is 12. The van der Waals surface area contributed by atoms with Gasteiger partial charge in [0.1, 0.15) is 12.1 Å². The van der Waals surface area contributed by atoms with E-state index in [4.69, 9.17) is 14.5 Å². The Morgan fingerprint density at radius 3 is 1.91 bits per heavy atom. The largest absolute Gasteiger partial charge is 0.453 e. The van der Waals surface area contributed by atoms with E-state index in [2.05, 4.69) is 91.9 Å². The van der Waals surface area contributed by atoms with E-state index in [1.54, 1.807) is 0 Å². The van der Waals surface area contributed by atoms with Gasteiger partial charge in [0.25, 0.3) is 0 Å². The lowest BCUT2D eigenvalue weighted by molar-refractivity contribution is -0.135. The molecule has 3 aliphatic heterocycles. The molecule has 12 nitrogen and oxygen atoms in total. The van der Waals surface area contributed by atoms with Gasteiger partial charge in [-0.2, -0.15) is 0 Å². The van der Waals surface area contributed by atoms with Crippen LogP contribution in [-0.4, -0.2) is 89.9 Å². The number of allylic oxidation sites excluding steroid dienone is 1. The van der Waals surface area contributed by atoms with Gasteiger partial charge in [-0.05, 0) is 127 Å². The Hall–Kier alpha value is -5.39. The van der Waals surface area contributed by atoms with E-state index in [1.807, 2.05) is 37.5 Å². The van der Waals surface area contributed by atoms with Gasteiger partial charge in [0.05, 0.1) is 32.0 Å². The Bertz CT molecular complexity index is 2410. The topological polar surface area (TPSA) is 145 Å². The molecule has 0 bridgehead atoms. The molecule has 67 heavy (non-hydrogen) atoms. The van der Waals surface area contributed by atoms with E-state index < -0.39 is 24.3 Å². The summed E-state index contributed by atoms with van der Waals surface area (Å²) in [6.45, 7) is 17.8. The number of aromatic nitrogens is 1. The number of fused-ring (bicyclic) bond motifs is 2. The third-order valence-electron chi connectivity index (χ3n) is 15.9. The average Bonchev–Trinajstić information content (AvgIpc) is 4.18. The average molecular weight is 915 g/mol. The van der Waals surface area contributed by atoms with E-state index >= 15 is 0 Å². The zero-order valence-electron chi connectivity index (χ0n) is 41.6. The van der Waals surface area contributed by atoms with E-state index in [0.29, 0.717) is 24.9 Å². The second-order valence-corrected chi connectivity index (χ2v) is 21.2. The maximum Gasteiger partial charge on any atom is 0.407 e. The maximum atomic E-state index is 14.2. The summed E-state index contributed by atoms with van der Waals surface area (Å²) in [5.74, 6) is 0.516. The standard InChI is InChI=1S/C55H74N6O6/c1-11-36-18-21-42(56-50(36)45-27-34(7)30-61(45)52(63)48(32(4)5)59-54(65)67-10)38-16-14-37(15-17-38)39-19-20-40(41-22-25-55(46(39)41)23-12-13-24-55)43-28-35(8)49(57-43)44-26-33(6)29-60(44)51(62)47(31(2)3)58-53(64)66-9/h14-17,19-21,28,31-34,36,44-45,47-48,57H,11-13,18,22-27,29-30H2,1-10H3,(H,58,64)(H,59,65). The number of alkyl carbamates (subject to hydrolysis) is 2. The molecule has 3 N–H and O–H groups in total. The molecule has 4 heterocycles. The smallest absolute Gasteiger partial charge is 0.407 e. The molecule has 3 fully saturated rings. The van der Waals surface area contributed by atoms with Gasteiger partial charge in [0.15, 0.2) is 0 Å².